The summed E-state index contributed by atoms with van der Waals surface area (Å²) in [4.78, 5) is -0.0839. The van der Waals surface area contributed by atoms with Crippen molar-refractivity contribution in [1.29, 1.82) is 0 Å². The van der Waals surface area contributed by atoms with Gasteiger partial charge in [0, 0.05) is 24.3 Å². The van der Waals surface area contributed by atoms with Crippen LogP contribution in [0.25, 0.3) is 0 Å². The Bertz CT molecular complexity index is 636. The standard InChI is InChI=1S/C11H16ClNO4S2/c1-9(2)8-13(3)19(16,17)11-6-4-10(5-7-11)18(12,14)15/h4-7,9H,8H2,1-3H3. The van der Waals surface area contributed by atoms with Gasteiger partial charge in [-0.2, -0.15) is 0 Å². The normalized spacial score (nSPS) is 13.2. The molecule has 0 saturated carbocycles. The maximum absolute atomic E-state index is 12.2. The molecule has 0 fully saturated rings. The molecule has 108 valence electrons. The molecule has 0 aliphatic carbocycles. The summed E-state index contributed by atoms with van der Waals surface area (Å²) in [5.74, 6) is 0.197. The SMILES string of the molecule is CC(C)CN(C)S(=O)(=O)c1ccc(S(=O)(=O)Cl)cc1. The summed E-state index contributed by atoms with van der Waals surface area (Å²) in [5.41, 5.74) is 0. The van der Waals surface area contributed by atoms with Gasteiger partial charge in [-0.1, -0.05) is 13.8 Å². The number of hydrogen-bond donors (Lipinski definition) is 0. The number of benzene rings is 1. The van der Waals surface area contributed by atoms with E-state index in [1.165, 1.54) is 35.6 Å². The van der Waals surface area contributed by atoms with Crippen LogP contribution in [-0.2, 0) is 19.1 Å². The lowest BCUT2D eigenvalue weighted by Gasteiger charge is -2.19. The maximum atomic E-state index is 12.2. The zero-order chi connectivity index (χ0) is 14.8. The second-order valence-corrected chi connectivity index (χ2v) is 9.20. The second-order valence-electron chi connectivity index (χ2n) is 4.59. The van der Waals surface area contributed by atoms with E-state index in [9.17, 15) is 16.8 Å². The summed E-state index contributed by atoms with van der Waals surface area (Å²) in [6.45, 7) is 4.21. The van der Waals surface area contributed by atoms with Crippen LogP contribution in [0.1, 0.15) is 13.8 Å². The predicted octanol–water partition coefficient (Wildman–Crippen LogP) is 1.89. The summed E-state index contributed by atoms with van der Waals surface area (Å²) in [5, 5.41) is 0. The molecule has 1 aromatic rings. The van der Waals surface area contributed by atoms with Gasteiger partial charge >= 0.3 is 0 Å². The number of hydrogen-bond acceptors (Lipinski definition) is 4. The molecule has 0 aliphatic heterocycles. The number of nitrogens with zero attached hydrogens (tertiary/aromatic N) is 1. The average molecular weight is 326 g/mol. The molecule has 0 radical (unpaired) electrons. The summed E-state index contributed by atoms with van der Waals surface area (Å²) in [7, 11) is -0.785. The summed E-state index contributed by atoms with van der Waals surface area (Å²) in [6, 6.07) is 4.83. The Labute approximate surface area is 118 Å². The summed E-state index contributed by atoms with van der Waals surface area (Å²) >= 11 is 0. The zero-order valence-electron chi connectivity index (χ0n) is 10.9. The van der Waals surface area contributed by atoms with E-state index >= 15 is 0 Å². The van der Waals surface area contributed by atoms with E-state index in [2.05, 4.69) is 0 Å². The van der Waals surface area contributed by atoms with Crippen molar-refractivity contribution >= 4 is 29.8 Å². The van der Waals surface area contributed by atoms with Crippen LogP contribution in [0.2, 0.25) is 0 Å². The quantitative estimate of drug-likeness (QED) is 0.775. The highest BCUT2D eigenvalue weighted by Crippen LogP contribution is 2.20. The van der Waals surface area contributed by atoms with Crippen LogP contribution >= 0.6 is 10.7 Å². The van der Waals surface area contributed by atoms with Gasteiger partial charge in [0.2, 0.25) is 10.0 Å². The molecule has 0 N–H and O–H groups in total. The molecule has 5 nitrogen and oxygen atoms in total. The van der Waals surface area contributed by atoms with Crippen LogP contribution in [0.4, 0.5) is 0 Å². The molecule has 0 spiro atoms. The minimum atomic E-state index is -3.84. The van der Waals surface area contributed by atoms with Crippen molar-refractivity contribution in [1.82, 2.24) is 4.31 Å². The molecular formula is C11H16ClNO4S2. The van der Waals surface area contributed by atoms with E-state index in [0.29, 0.717) is 6.54 Å². The van der Waals surface area contributed by atoms with Crippen LogP contribution in [-0.4, -0.2) is 34.7 Å². The molecule has 8 heteroatoms. The van der Waals surface area contributed by atoms with Crippen molar-refractivity contribution < 1.29 is 16.8 Å². The van der Waals surface area contributed by atoms with Crippen LogP contribution in [0, 0.1) is 5.92 Å². The average Bonchev–Trinajstić information content (AvgIpc) is 2.27. The van der Waals surface area contributed by atoms with Crippen LogP contribution in [0.15, 0.2) is 34.1 Å². The molecule has 0 atom stereocenters. The Morgan fingerprint density at radius 3 is 1.84 bits per heavy atom. The number of halogens is 1. The number of sulfonamides is 1. The van der Waals surface area contributed by atoms with Gasteiger partial charge in [0.1, 0.15) is 0 Å². The van der Waals surface area contributed by atoms with E-state index < -0.39 is 19.1 Å². The fraction of sp³-hybridized carbons (Fsp3) is 0.455. The van der Waals surface area contributed by atoms with Gasteiger partial charge in [0.05, 0.1) is 9.79 Å². The van der Waals surface area contributed by atoms with E-state index in [1.54, 1.807) is 0 Å². The molecule has 0 amide bonds. The summed E-state index contributed by atoms with van der Waals surface area (Å²) < 4.78 is 47.7. The van der Waals surface area contributed by atoms with Crippen molar-refractivity contribution in [3.8, 4) is 0 Å². The highest BCUT2D eigenvalue weighted by molar-refractivity contribution is 8.13. The van der Waals surface area contributed by atoms with Gasteiger partial charge in [0.15, 0.2) is 0 Å². The van der Waals surface area contributed by atoms with E-state index in [-0.39, 0.29) is 15.7 Å². The molecule has 0 aromatic heterocycles. The van der Waals surface area contributed by atoms with Gasteiger partial charge in [-0.05, 0) is 30.2 Å². The van der Waals surface area contributed by atoms with Gasteiger partial charge in [-0.3, -0.25) is 0 Å². The topological polar surface area (TPSA) is 71.5 Å². The molecule has 0 heterocycles. The van der Waals surface area contributed by atoms with Crippen molar-refractivity contribution in [2.75, 3.05) is 13.6 Å². The van der Waals surface area contributed by atoms with Gasteiger partial charge in [-0.15, -0.1) is 0 Å². The Morgan fingerprint density at radius 2 is 1.47 bits per heavy atom. The van der Waals surface area contributed by atoms with Crippen LogP contribution < -0.4 is 0 Å². The van der Waals surface area contributed by atoms with E-state index in [4.69, 9.17) is 10.7 Å². The van der Waals surface area contributed by atoms with Crippen molar-refractivity contribution in [3.63, 3.8) is 0 Å². The largest absolute Gasteiger partial charge is 0.261 e. The Kier molecular flexibility index (Phi) is 5.00. The Hall–Kier alpha value is -0.630. The first kappa shape index (κ1) is 16.4. The maximum Gasteiger partial charge on any atom is 0.261 e. The first-order valence-corrected chi connectivity index (χ1v) is 9.31. The molecule has 0 aliphatic rings. The third-order valence-corrected chi connectivity index (χ3v) is 5.64. The van der Waals surface area contributed by atoms with Crippen molar-refractivity contribution in [3.05, 3.63) is 24.3 Å². The third-order valence-electron chi connectivity index (χ3n) is 2.44. The zero-order valence-corrected chi connectivity index (χ0v) is 13.3. The molecular weight excluding hydrogens is 310 g/mol. The monoisotopic (exact) mass is 325 g/mol. The predicted molar refractivity (Wildman–Crippen MR) is 74.1 cm³/mol. The smallest absolute Gasteiger partial charge is 0.207 e. The van der Waals surface area contributed by atoms with Gasteiger partial charge in [-0.25, -0.2) is 21.1 Å². The van der Waals surface area contributed by atoms with E-state index in [1.807, 2.05) is 13.8 Å². The van der Waals surface area contributed by atoms with Crippen molar-refractivity contribution in [2.45, 2.75) is 23.6 Å². The minimum Gasteiger partial charge on any atom is -0.207 e. The molecule has 1 aromatic carbocycles. The lowest BCUT2D eigenvalue weighted by Crippen LogP contribution is -2.30. The molecule has 1 rings (SSSR count). The second kappa shape index (κ2) is 5.78. The van der Waals surface area contributed by atoms with Crippen molar-refractivity contribution in [2.24, 2.45) is 5.92 Å². The third kappa shape index (κ3) is 4.17. The summed E-state index contributed by atoms with van der Waals surface area (Å²) in [6.07, 6.45) is 0. The fourth-order valence-corrected chi connectivity index (χ4v) is 3.67. The Balaban J connectivity index is 3.10. The molecule has 0 saturated heterocycles. The van der Waals surface area contributed by atoms with Crippen LogP contribution in [0.3, 0.4) is 0 Å². The minimum absolute atomic E-state index is 0.0414. The fourth-order valence-electron chi connectivity index (χ4n) is 1.57. The first-order chi connectivity index (χ1) is 8.55. The van der Waals surface area contributed by atoms with Gasteiger partial charge < -0.3 is 0 Å². The lowest BCUT2D eigenvalue weighted by atomic mass is 10.2. The highest BCUT2D eigenvalue weighted by Gasteiger charge is 2.22. The van der Waals surface area contributed by atoms with Crippen LogP contribution in [0.5, 0.6) is 0 Å². The first-order valence-electron chi connectivity index (χ1n) is 5.56. The lowest BCUT2D eigenvalue weighted by molar-refractivity contribution is 0.417. The molecule has 0 bridgehead atoms. The molecule has 0 unspecified atom stereocenters. The number of rotatable bonds is 5. The highest BCUT2D eigenvalue weighted by atomic mass is 35.7. The van der Waals surface area contributed by atoms with Gasteiger partial charge in [0.25, 0.3) is 9.05 Å². The Morgan fingerprint density at radius 1 is 1.05 bits per heavy atom. The van der Waals surface area contributed by atoms with E-state index in [0.717, 1.165) is 0 Å². The molecule has 19 heavy (non-hydrogen) atoms.